The quantitative estimate of drug-likeness (QED) is 0.749. The Kier molecular flexibility index (Phi) is 2.46. The zero-order valence-electron chi connectivity index (χ0n) is 9.30. The lowest BCUT2D eigenvalue weighted by molar-refractivity contribution is 0.0646. The highest BCUT2D eigenvalue weighted by Gasteiger charge is 2.26. The highest BCUT2D eigenvalue weighted by atomic mass is 16.3. The molecule has 0 saturated carbocycles. The maximum absolute atomic E-state index is 12.0. The van der Waals surface area contributed by atoms with Crippen LogP contribution in [0.1, 0.15) is 24.3 Å². The number of amides is 1. The molecule has 1 aromatic heterocycles. The van der Waals surface area contributed by atoms with Gasteiger partial charge in [0, 0.05) is 25.2 Å². The minimum Gasteiger partial charge on any atom is -0.503 e. The minimum atomic E-state index is -0.509. The van der Waals surface area contributed by atoms with Crippen LogP contribution in [0.25, 0.3) is 0 Å². The van der Waals surface area contributed by atoms with E-state index in [4.69, 9.17) is 0 Å². The molecule has 0 spiro atoms. The van der Waals surface area contributed by atoms with Gasteiger partial charge in [-0.3, -0.25) is 9.59 Å². The van der Waals surface area contributed by atoms with Crippen LogP contribution in [-0.4, -0.2) is 33.1 Å². The summed E-state index contributed by atoms with van der Waals surface area (Å²) < 4.78 is 1.62. The van der Waals surface area contributed by atoms with Gasteiger partial charge in [0.2, 0.25) is 5.43 Å². The molecular weight excluding hydrogens is 208 g/mol. The predicted molar refractivity (Wildman–Crippen MR) is 58.5 cm³/mol. The van der Waals surface area contributed by atoms with Crippen LogP contribution in [-0.2, 0) is 6.54 Å². The van der Waals surface area contributed by atoms with Crippen molar-refractivity contribution in [3.05, 3.63) is 28.2 Å². The van der Waals surface area contributed by atoms with E-state index in [2.05, 4.69) is 0 Å². The average molecular weight is 222 g/mol. The molecule has 0 aliphatic carbocycles. The maximum Gasteiger partial charge on any atom is 0.270 e. The van der Waals surface area contributed by atoms with Crippen LogP contribution in [0.15, 0.2) is 17.1 Å². The van der Waals surface area contributed by atoms with Crippen molar-refractivity contribution in [2.24, 2.45) is 0 Å². The van der Waals surface area contributed by atoms with Crippen LogP contribution in [0.2, 0.25) is 0 Å². The number of fused-ring (bicyclic) bond motifs is 1. The Hall–Kier alpha value is -1.78. The number of nitrogens with zero attached hydrogens (tertiary/aromatic N) is 2. The highest BCUT2D eigenvalue weighted by molar-refractivity contribution is 5.93. The topological polar surface area (TPSA) is 62.5 Å². The van der Waals surface area contributed by atoms with Crippen LogP contribution in [0.4, 0.5) is 0 Å². The van der Waals surface area contributed by atoms with Gasteiger partial charge in [-0.25, -0.2) is 0 Å². The first-order chi connectivity index (χ1) is 7.50. The summed E-state index contributed by atoms with van der Waals surface area (Å²) in [6.07, 6.45) is 1.33. The van der Waals surface area contributed by atoms with Crippen LogP contribution < -0.4 is 5.43 Å². The monoisotopic (exact) mass is 222 g/mol. The molecule has 0 saturated heterocycles. The molecule has 0 bridgehead atoms. The summed E-state index contributed by atoms with van der Waals surface area (Å²) in [5.41, 5.74) is -0.159. The molecule has 1 aliphatic rings. The molecule has 16 heavy (non-hydrogen) atoms. The van der Waals surface area contributed by atoms with Gasteiger partial charge in [-0.2, -0.15) is 0 Å². The number of aromatic hydroxyl groups is 1. The Morgan fingerprint density at radius 3 is 2.62 bits per heavy atom. The van der Waals surface area contributed by atoms with Crippen molar-refractivity contribution in [3.8, 4) is 5.75 Å². The van der Waals surface area contributed by atoms with Crippen molar-refractivity contribution in [2.45, 2.75) is 26.4 Å². The lowest BCUT2D eigenvalue weighted by Crippen LogP contribution is -2.45. The molecule has 0 aromatic carbocycles. The third kappa shape index (κ3) is 1.58. The summed E-state index contributed by atoms with van der Waals surface area (Å²) in [7, 11) is 0. The van der Waals surface area contributed by atoms with Crippen molar-refractivity contribution >= 4 is 5.91 Å². The number of pyridine rings is 1. The number of hydrogen-bond donors (Lipinski definition) is 1. The van der Waals surface area contributed by atoms with E-state index in [1.807, 2.05) is 13.8 Å². The van der Waals surface area contributed by atoms with Gasteiger partial charge in [-0.15, -0.1) is 0 Å². The van der Waals surface area contributed by atoms with E-state index in [-0.39, 0.29) is 17.7 Å². The molecule has 86 valence electrons. The van der Waals surface area contributed by atoms with Gasteiger partial charge in [-0.05, 0) is 13.8 Å². The van der Waals surface area contributed by atoms with E-state index in [1.54, 1.807) is 9.47 Å². The summed E-state index contributed by atoms with van der Waals surface area (Å²) >= 11 is 0. The Morgan fingerprint density at radius 2 is 2.00 bits per heavy atom. The molecular formula is C11H14N2O3. The van der Waals surface area contributed by atoms with Gasteiger partial charge in [0.25, 0.3) is 5.91 Å². The van der Waals surface area contributed by atoms with Gasteiger partial charge in [0.1, 0.15) is 5.69 Å². The SMILES string of the molecule is CC(C)N1CCn2cc(O)c(=O)cc2C1=O. The molecule has 1 aliphatic heterocycles. The maximum atomic E-state index is 12.0. The van der Waals surface area contributed by atoms with Gasteiger partial charge in [0.05, 0.1) is 6.20 Å². The second kappa shape index (κ2) is 3.66. The van der Waals surface area contributed by atoms with E-state index in [0.29, 0.717) is 18.8 Å². The standard InChI is InChI=1S/C11H14N2O3/c1-7(2)13-4-3-12-6-10(15)9(14)5-8(12)11(13)16/h5-7,15H,3-4H2,1-2H3. The summed E-state index contributed by atoms with van der Waals surface area (Å²) in [4.78, 5) is 25.0. The second-order valence-corrected chi connectivity index (χ2v) is 4.19. The number of rotatable bonds is 1. The number of carbonyl (C=O) groups excluding carboxylic acids is 1. The summed E-state index contributed by atoms with van der Waals surface area (Å²) in [6, 6.07) is 1.32. The molecule has 5 heteroatoms. The van der Waals surface area contributed by atoms with E-state index < -0.39 is 5.43 Å². The fourth-order valence-electron chi connectivity index (χ4n) is 1.89. The summed E-state index contributed by atoms with van der Waals surface area (Å²) in [5.74, 6) is -0.465. The Balaban J connectivity index is 2.49. The second-order valence-electron chi connectivity index (χ2n) is 4.19. The molecule has 1 N–H and O–H groups in total. The summed E-state index contributed by atoms with van der Waals surface area (Å²) in [6.45, 7) is 5.08. The molecule has 0 fully saturated rings. The van der Waals surface area contributed by atoms with Crippen LogP contribution in [0.5, 0.6) is 5.75 Å². The number of carbonyl (C=O) groups is 1. The molecule has 0 atom stereocenters. The van der Waals surface area contributed by atoms with Crippen LogP contribution >= 0.6 is 0 Å². The van der Waals surface area contributed by atoms with Crippen LogP contribution in [0, 0.1) is 0 Å². The minimum absolute atomic E-state index is 0.116. The average Bonchev–Trinajstić information content (AvgIpc) is 2.21. The van der Waals surface area contributed by atoms with Crippen molar-refractivity contribution in [1.82, 2.24) is 9.47 Å². The molecule has 0 unspecified atom stereocenters. The molecule has 2 rings (SSSR count). The van der Waals surface area contributed by atoms with E-state index in [0.717, 1.165) is 0 Å². The Morgan fingerprint density at radius 1 is 1.31 bits per heavy atom. The number of hydrogen-bond acceptors (Lipinski definition) is 3. The van der Waals surface area contributed by atoms with Gasteiger partial charge < -0.3 is 14.6 Å². The highest BCUT2D eigenvalue weighted by Crippen LogP contribution is 2.15. The molecule has 1 amide bonds. The Bertz CT molecular complexity index is 490. The lowest BCUT2D eigenvalue weighted by Gasteiger charge is -2.32. The van der Waals surface area contributed by atoms with Crippen molar-refractivity contribution in [3.63, 3.8) is 0 Å². The van der Waals surface area contributed by atoms with E-state index in [1.165, 1.54) is 12.3 Å². The molecule has 2 heterocycles. The predicted octanol–water partition coefficient (Wildman–Crippen LogP) is 0.418. The fourth-order valence-corrected chi connectivity index (χ4v) is 1.89. The third-order valence-electron chi connectivity index (χ3n) is 2.79. The first-order valence-corrected chi connectivity index (χ1v) is 5.25. The Labute approximate surface area is 92.9 Å². The van der Waals surface area contributed by atoms with Crippen molar-refractivity contribution < 1.29 is 9.90 Å². The fraction of sp³-hybridized carbons (Fsp3) is 0.455. The molecule has 5 nitrogen and oxygen atoms in total. The first kappa shape index (κ1) is 10.7. The molecule has 0 radical (unpaired) electrons. The van der Waals surface area contributed by atoms with Crippen molar-refractivity contribution in [2.75, 3.05) is 6.54 Å². The third-order valence-corrected chi connectivity index (χ3v) is 2.79. The van der Waals surface area contributed by atoms with Gasteiger partial charge in [-0.1, -0.05) is 0 Å². The van der Waals surface area contributed by atoms with Gasteiger partial charge >= 0.3 is 0 Å². The summed E-state index contributed by atoms with van der Waals surface area (Å²) in [5, 5.41) is 9.28. The number of aromatic nitrogens is 1. The first-order valence-electron chi connectivity index (χ1n) is 5.25. The van der Waals surface area contributed by atoms with E-state index >= 15 is 0 Å². The lowest BCUT2D eigenvalue weighted by atomic mass is 10.2. The van der Waals surface area contributed by atoms with Gasteiger partial charge in [0.15, 0.2) is 5.75 Å². The molecule has 1 aromatic rings. The zero-order valence-corrected chi connectivity index (χ0v) is 9.30. The van der Waals surface area contributed by atoms with Crippen LogP contribution in [0.3, 0.4) is 0 Å². The smallest absolute Gasteiger partial charge is 0.270 e. The largest absolute Gasteiger partial charge is 0.503 e. The zero-order chi connectivity index (χ0) is 11.9. The van der Waals surface area contributed by atoms with Crippen molar-refractivity contribution in [1.29, 1.82) is 0 Å². The normalized spacial score (nSPS) is 15.4. The van der Waals surface area contributed by atoms with E-state index in [9.17, 15) is 14.7 Å².